The fourth-order valence-electron chi connectivity index (χ4n) is 3.38. The molecule has 1 N–H and O–H groups in total. The Bertz CT molecular complexity index is 383. The van der Waals surface area contributed by atoms with Gasteiger partial charge in [-0.05, 0) is 56.4 Å². The summed E-state index contributed by atoms with van der Waals surface area (Å²) in [5.41, 5.74) is 2.92. The van der Waals surface area contributed by atoms with Crippen molar-refractivity contribution in [1.29, 1.82) is 0 Å². The topological polar surface area (TPSA) is 15.3 Å². The molecule has 1 atom stereocenters. The van der Waals surface area contributed by atoms with Crippen molar-refractivity contribution in [2.24, 2.45) is 0 Å². The van der Waals surface area contributed by atoms with Crippen molar-refractivity contribution >= 4 is 0 Å². The minimum atomic E-state index is 0.817. The first-order valence-electron chi connectivity index (χ1n) is 8.86. The van der Waals surface area contributed by atoms with Crippen LogP contribution in [0, 0.1) is 0 Å². The first kappa shape index (κ1) is 16.5. The van der Waals surface area contributed by atoms with Gasteiger partial charge in [-0.25, -0.2) is 0 Å². The van der Waals surface area contributed by atoms with E-state index in [9.17, 15) is 0 Å². The van der Waals surface area contributed by atoms with Crippen LogP contribution in [0.2, 0.25) is 0 Å². The molecule has 1 aromatic carbocycles. The van der Waals surface area contributed by atoms with E-state index in [4.69, 9.17) is 0 Å². The number of likely N-dealkylation sites (tertiary alicyclic amines) is 1. The molecule has 1 aliphatic heterocycles. The second-order valence-corrected chi connectivity index (χ2v) is 6.33. The average Bonchev–Trinajstić information content (AvgIpc) is 2.51. The third kappa shape index (κ3) is 5.44. The van der Waals surface area contributed by atoms with Crippen molar-refractivity contribution in [1.82, 2.24) is 10.2 Å². The van der Waals surface area contributed by atoms with Gasteiger partial charge in [-0.3, -0.25) is 4.90 Å². The fraction of sp³-hybridized carbons (Fsp3) is 0.684. The highest BCUT2D eigenvalue weighted by molar-refractivity contribution is 5.23. The van der Waals surface area contributed by atoms with Gasteiger partial charge in [-0.2, -0.15) is 0 Å². The van der Waals surface area contributed by atoms with Crippen molar-refractivity contribution < 1.29 is 0 Å². The SMILES string of the molecule is CCCC1CCCCN1Cc1ccc(CCNCC)cc1. The zero-order chi connectivity index (χ0) is 14.9. The first-order valence-corrected chi connectivity index (χ1v) is 8.86. The predicted octanol–water partition coefficient (Wildman–Crippen LogP) is 3.99. The van der Waals surface area contributed by atoms with Crippen molar-refractivity contribution in [2.45, 2.75) is 65.0 Å². The fourth-order valence-corrected chi connectivity index (χ4v) is 3.38. The minimum Gasteiger partial charge on any atom is -0.317 e. The predicted molar refractivity (Wildman–Crippen MR) is 91.6 cm³/mol. The van der Waals surface area contributed by atoms with Gasteiger partial charge in [0.15, 0.2) is 0 Å². The van der Waals surface area contributed by atoms with Gasteiger partial charge in [0.1, 0.15) is 0 Å². The first-order chi connectivity index (χ1) is 10.3. The number of hydrogen-bond donors (Lipinski definition) is 1. The molecule has 1 fully saturated rings. The average molecular weight is 288 g/mol. The van der Waals surface area contributed by atoms with Crippen LogP contribution >= 0.6 is 0 Å². The maximum atomic E-state index is 3.39. The molecule has 2 heteroatoms. The molecule has 0 radical (unpaired) electrons. The van der Waals surface area contributed by atoms with Gasteiger partial charge in [0, 0.05) is 12.6 Å². The summed E-state index contributed by atoms with van der Waals surface area (Å²) in [5, 5.41) is 3.39. The molecule has 0 aliphatic carbocycles. The van der Waals surface area contributed by atoms with Crippen LogP contribution < -0.4 is 5.32 Å². The molecule has 2 nitrogen and oxygen atoms in total. The molecule has 0 spiro atoms. The van der Waals surface area contributed by atoms with Crippen LogP contribution in [0.15, 0.2) is 24.3 Å². The van der Waals surface area contributed by atoms with Crippen LogP contribution in [0.25, 0.3) is 0 Å². The number of hydrogen-bond acceptors (Lipinski definition) is 2. The van der Waals surface area contributed by atoms with Crippen molar-refractivity contribution in [2.75, 3.05) is 19.6 Å². The quantitative estimate of drug-likeness (QED) is 0.728. The molecule has 0 saturated carbocycles. The Kier molecular flexibility index (Phi) is 7.25. The number of piperidine rings is 1. The highest BCUT2D eigenvalue weighted by Crippen LogP contribution is 2.23. The Labute approximate surface area is 130 Å². The maximum absolute atomic E-state index is 3.39. The molecule has 21 heavy (non-hydrogen) atoms. The molecule has 0 amide bonds. The number of nitrogens with one attached hydrogen (secondary N) is 1. The van der Waals surface area contributed by atoms with Gasteiger partial charge >= 0.3 is 0 Å². The molecule has 1 aromatic rings. The molecule has 1 aliphatic rings. The summed E-state index contributed by atoms with van der Waals surface area (Å²) in [6.07, 6.45) is 8.00. The van der Waals surface area contributed by atoms with E-state index in [0.717, 1.165) is 32.1 Å². The number of benzene rings is 1. The zero-order valence-corrected chi connectivity index (χ0v) is 13.9. The van der Waals surface area contributed by atoms with E-state index in [1.807, 2.05) is 0 Å². The van der Waals surface area contributed by atoms with E-state index in [-0.39, 0.29) is 0 Å². The number of nitrogens with zero attached hydrogens (tertiary/aromatic N) is 1. The van der Waals surface area contributed by atoms with Gasteiger partial charge in [0.05, 0.1) is 0 Å². The lowest BCUT2D eigenvalue weighted by Crippen LogP contribution is -2.38. The highest BCUT2D eigenvalue weighted by atomic mass is 15.2. The Morgan fingerprint density at radius 2 is 1.86 bits per heavy atom. The lowest BCUT2D eigenvalue weighted by molar-refractivity contribution is 0.131. The van der Waals surface area contributed by atoms with Gasteiger partial charge in [-0.15, -0.1) is 0 Å². The molecule has 2 rings (SSSR count). The van der Waals surface area contributed by atoms with Crippen LogP contribution in [-0.4, -0.2) is 30.6 Å². The maximum Gasteiger partial charge on any atom is 0.0236 e. The third-order valence-corrected chi connectivity index (χ3v) is 4.62. The Morgan fingerprint density at radius 1 is 1.10 bits per heavy atom. The number of rotatable bonds is 8. The third-order valence-electron chi connectivity index (χ3n) is 4.62. The van der Waals surface area contributed by atoms with Crippen molar-refractivity contribution in [3.8, 4) is 0 Å². The lowest BCUT2D eigenvalue weighted by atomic mass is 9.97. The smallest absolute Gasteiger partial charge is 0.0236 e. The van der Waals surface area contributed by atoms with Crippen molar-refractivity contribution in [3.63, 3.8) is 0 Å². The molecule has 1 saturated heterocycles. The lowest BCUT2D eigenvalue weighted by Gasteiger charge is -2.35. The molecule has 0 bridgehead atoms. The van der Waals surface area contributed by atoms with Crippen LogP contribution in [0.5, 0.6) is 0 Å². The van der Waals surface area contributed by atoms with Gasteiger partial charge in [0.2, 0.25) is 0 Å². The van der Waals surface area contributed by atoms with E-state index in [0.29, 0.717) is 0 Å². The number of likely N-dealkylation sites (N-methyl/N-ethyl adjacent to an activating group) is 1. The van der Waals surface area contributed by atoms with Gasteiger partial charge in [0.25, 0.3) is 0 Å². The van der Waals surface area contributed by atoms with Crippen molar-refractivity contribution in [3.05, 3.63) is 35.4 Å². The molecular formula is C19H32N2. The zero-order valence-electron chi connectivity index (χ0n) is 13.9. The Hall–Kier alpha value is -0.860. The van der Waals surface area contributed by atoms with E-state index >= 15 is 0 Å². The van der Waals surface area contributed by atoms with Crippen LogP contribution in [0.3, 0.4) is 0 Å². The molecule has 118 valence electrons. The van der Waals surface area contributed by atoms with E-state index in [1.165, 1.54) is 49.8 Å². The summed E-state index contributed by atoms with van der Waals surface area (Å²) in [5.74, 6) is 0. The largest absolute Gasteiger partial charge is 0.317 e. The van der Waals surface area contributed by atoms with E-state index in [2.05, 4.69) is 48.3 Å². The monoisotopic (exact) mass is 288 g/mol. The second-order valence-electron chi connectivity index (χ2n) is 6.33. The second kappa shape index (κ2) is 9.22. The van der Waals surface area contributed by atoms with Crippen LogP contribution in [-0.2, 0) is 13.0 Å². The Balaban J connectivity index is 1.86. The van der Waals surface area contributed by atoms with Gasteiger partial charge < -0.3 is 5.32 Å². The summed E-state index contributed by atoms with van der Waals surface area (Å²) in [6, 6.07) is 10.1. The highest BCUT2D eigenvalue weighted by Gasteiger charge is 2.21. The molecule has 0 aromatic heterocycles. The summed E-state index contributed by atoms with van der Waals surface area (Å²) in [6.45, 7) is 9.04. The normalized spacial score (nSPS) is 19.8. The van der Waals surface area contributed by atoms with E-state index < -0.39 is 0 Å². The summed E-state index contributed by atoms with van der Waals surface area (Å²) >= 11 is 0. The standard InChI is InChI=1S/C19H32N2/c1-3-7-19-8-5-6-15-21(19)16-18-11-9-17(10-12-18)13-14-20-4-2/h9-12,19-20H,3-8,13-16H2,1-2H3. The Morgan fingerprint density at radius 3 is 2.57 bits per heavy atom. The van der Waals surface area contributed by atoms with Crippen LogP contribution in [0.1, 0.15) is 57.1 Å². The van der Waals surface area contributed by atoms with Gasteiger partial charge in [-0.1, -0.05) is 51.0 Å². The van der Waals surface area contributed by atoms with Crippen LogP contribution in [0.4, 0.5) is 0 Å². The summed E-state index contributed by atoms with van der Waals surface area (Å²) in [4.78, 5) is 2.71. The minimum absolute atomic E-state index is 0.817. The summed E-state index contributed by atoms with van der Waals surface area (Å²) < 4.78 is 0. The summed E-state index contributed by atoms with van der Waals surface area (Å²) in [7, 11) is 0. The molecular weight excluding hydrogens is 256 g/mol. The van der Waals surface area contributed by atoms with E-state index in [1.54, 1.807) is 0 Å². The molecule has 1 unspecified atom stereocenters. The molecule has 1 heterocycles.